The van der Waals surface area contributed by atoms with Crippen molar-refractivity contribution in [2.24, 2.45) is 0 Å². The van der Waals surface area contributed by atoms with Crippen LogP contribution in [-0.2, 0) is 6.42 Å². The zero-order valence-corrected chi connectivity index (χ0v) is 14.8. The number of carbonyl (C=O) groups excluding carboxylic acids is 1. The number of carbonyl (C=O) groups is 1. The number of ether oxygens (including phenoxy) is 1. The van der Waals surface area contributed by atoms with Crippen LogP contribution in [0.2, 0.25) is 0 Å². The molecule has 4 rings (SSSR count). The van der Waals surface area contributed by atoms with Crippen molar-refractivity contribution in [3.8, 4) is 5.75 Å². The molecule has 0 aliphatic carbocycles. The fourth-order valence-electron chi connectivity index (χ4n) is 3.58. The van der Waals surface area contributed by atoms with E-state index in [0.29, 0.717) is 17.7 Å². The fourth-order valence-corrected chi connectivity index (χ4v) is 3.58. The van der Waals surface area contributed by atoms with Crippen LogP contribution in [0, 0.1) is 0 Å². The van der Waals surface area contributed by atoms with Crippen molar-refractivity contribution in [3.05, 3.63) is 70.0 Å². The van der Waals surface area contributed by atoms with E-state index in [1.807, 2.05) is 23.6 Å². The van der Waals surface area contributed by atoms with Crippen LogP contribution in [0.5, 0.6) is 5.75 Å². The van der Waals surface area contributed by atoms with Crippen LogP contribution in [-0.4, -0.2) is 17.1 Å². The molecule has 26 heavy (non-hydrogen) atoms. The molecule has 1 amide bonds. The first-order valence-corrected chi connectivity index (χ1v) is 8.79. The summed E-state index contributed by atoms with van der Waals surface area (Å²) in [5, 5.41) is 3.41. The number of para-hydroxylation sites is 1. The van der Waals surface area contributed by atoms with Gasteiger partial charge >= 0.3 is 0 Å². The largest absolute Gasteiger partial charge is 0.494 e. The van der Waals surface area contributed by atoms with Crippen LogP contribution in [0.1, 0.15) is 35.8 Å². The van der Waals surface area contributed by atoms with E-state index in [4.69, 9.17) is 4.74 Å². The zero-order valence-electron chi connectivity index (χ0n) is 14.8. The fraction of sp³-hybridized carbons (Fsp3) is 0.238. The Kier molecular flexibility index (Phi) is 3.99. The molecule has 0 unspecified atom stereocenters. The van der Waals surface area contributed by atoms with Gasteiger partial charge in [-0.25, -0.2) is 0 Å². The monoisotopic (exact) mass is 348 g/mol. The first-order chi connectivity index (χ1) is 12.6. The predicted molar refractivity (Wildman–Crippen MR) is 102 cm³/mol. The standard InChI is InChI=1S/C21H20N2O3/c1-3-26-16-9-7-15(8-10-16)22-21(25)18-12-23-13(2)11-14-5-4-6-17(19(14)23)20(18)24/h4-10,12-13H,3,11H2,1-2H3,(H,22,25)/t13-/m0/s1. The van der Waals surface area contributed by atoms with Crippen molar-refractivity contribution < 1.29 is 9.53 Å². The van der Waals surface area contributed by atoms with E-state index >= 15 is 0 Å². The Morgan fingerprint density at radius 3 is 2.73 bits per heavy atom. The lowest BCUT2D eigenvalue weighted by molar-refractivity contribution is 0.102. The minimum atomic E-state index is -0.394. The van der Waals surface area contributed by atoms with Crippen LogP contribution in [0.25, 0.3) is 10.9 Å². The highest BCUT2D eigenvalue weighted by molar-refractivity contribution is 6.06. The molecule has 5 nitrogen and oxygen atoms in total. The summed E-state index contributed by atoms with van der Waals surface area (Å²) in [5.74, 6) is 0.347. The number of rotatable bonds is 4. The summed E-state index contributed by atoms with van der Waals surface area (Å²) >= 11 is 0. The molecule has 0 radical (unpaired) electrons. The summed E-state index contributed by atoms with van der Waals surface area (Å²) in [7, 11) is 0. The van der Waals surface area contributed by atoms with E-state index in [1.165, 1.54) is 0 Å². The molecule has 132 valence electrons. The first-order valence-electron chi connectivity index (χ1n) is 8.79. The van der Waals surface area contributed by atoms with Crippen LogP contribution >= 0.6 is 0 Å². The molecule has 1 aliphatic heterocycles. The second-order valence-electron chi connectivity index (χ2n) is 6.56. The number of amides is 1. The van der Waals surface area contributed by atoms with Gasteiger partial charge in [0.1, 0.15) is 11.3 Å². The van der Waals surface area contributed by atoms with Crippen molar-refractivity contribution in [2.45, 2.75) is 26.3 Å². The molecule has 2 heterocycles. The second kappa shape index (κ2) is 6.33. The Balaban J connectivity index is 1.70. The highest BCUT2D eigenvalue weighted by atomic mass is 16.5. The van der Waals surface area contributed by atoms with E-state index in [2.05, 4.69) is 12.2 Å². The Morgan fingerprint density at radius 1 is 1.23 bits per heavy atom. The van der Waals surface area contributed by atoms with E-state index in [1.54, 1.807) is 36.5 Å². The van der Waals surface area contributed by atoms with Crippen molar-refractivity contribution in [1.82, 2.24) is 4.57 Å². The van der Waals surface area contributed by atoms with Crippen LogP contribution in [0.3, 0.4) is 0 Å². The maximum atomic E-state index is 12.8. The third kappa shape index (κ3) is 2.65. The van der Waals surface area contributed by atoms with Gasteiger partial charge in [0.15, 0.2) is 0 Å². The van der Waals surface area contributed by atoms with Crippen molar-refractivity contribution >= 4 is 22.5 Å². The van der Waals surface area contributed by atoms with E-state index < -0.39 is 5.91 Å². The Bertz CT molecular complexity index is 1050. The predicted octanol–water partition coefficient (Wildman–Crippen LogP) is 3.77. The van der Waals surface area contributed by atoms with E-state index in [-0.39, 0.29) is 17.0 Å². The number of nitrogens with one attached hydrogen (secondary N) is 1. The normalized spacial score (nSPS) is 15.2. The minimum Gasteiger partial charge on any atom is -0.494 e. The molecule has 0 spiro atoms. The topological polar surface area (TPSA) is 60.3 Å². The third-order valence-electron chi connectivity index (χ3n) is 4.79. The molecule has 1 aliphatic rings. The lowest BCUT2D eigenvalue weighted by Crippen LogP contribution is -2.23. The van der Waals surface area contributed by atoms with Gasteiger partial charge in [-0.1, -0.05) is 12.1 Å². The molecular formula is C21H20N2O3. The first kappa shape index (κ1) is 16.4. The molecule has 2 aromatic carbocycles. The van der Waals surface area contributed by atoms with Gasteiger partial charge in [0.25, 0.3) is 5.91 Å². The van der Waals surface area contributed by atoms with E-state index in [0.717, 1.165) is 23.3 Å². The molecule has 0 fully saturated rings. The number of nitrogens with zero attached hydrogens (tertiary/aromatic N) is 1. The van der Waals surface area contributed by atoms with Crippen LogP contribution in [0.15, 0.2) is 53.5 Å². The SMILES string of the molecule is CCOc1ccc(NC(=O)c2cn3c4c(cccc4c2=O)C[C@@H]3C)cc1. The van der Waals surface area contributed by atoms with Crippen molar-refractivity contribution in [2.75, 3.05) is 11.9 Å². The summed E-state index contributed by atoms with van der Waals surface area (Å²) in [4.78, 5) is 25.6. The minimum absolute atomic E-state index is 0.164. The lowest BCUT2D eigenvalue weighted by Gasteiger charge is -2.13. The van der Waals surface area contributed by atoms with Crippen LogP contribution < -0.4 is 15.5 Å². The number of aromatic nitrogens is 1. The maximum Gasteiger partial charge on any atom is 0.261 e. The summed E-state index contributed by atoms with van der Waals surface area (Å²) in [5.41, 5.74) is 2.67. The van der Waals surface area contributed by atoms with Gasteiger partial charge in [-0.05, 0) is 56.2 Å². The molecule has 1 aromatic heterocycles. The highest BCUT2D eigenvalue weighted by Gasteiger charge is 2.24. The third-order valence-corrected chi connectivity index (χ3v) is 4.79. The average molecular weight is 348 g/mol. The Morgan fingerprint density at radius 2 is 2.00 bits per heavy atom. The van der Waals surface area contributed by atoms with Gasteiger partial charge in [-0.3, -0.25) is 9.59 Å². The van der Waals surface area contributed by atoms with Crippen molar-refractivity contribution in [3.63, 3.8) is 0 Å². The van der Waals surface area contributed by atoms with Gasteiger partial charge < -0.3 is 14.6 Å². The number of benzene rings is 2. The quantitative estimate of drug-likeness (QED) is 0.781. The Labute approximate surface area is 151 Å². The van der Waals surface area contributed by atoms with Gasteiger partial charge in [-0.2, -0.15) is 0 Å². The lowest BCUT2D eigenvalue weighted by atomic mass is 10.1. The van der Waals surface area contributed by atoms with Gasteiger partial charge in [0, 0.05) is 23.3 Å². The van der Waals surface area contributed by atoms with E-state index in [9.17, 15) is 9.59 Å². The zero-order chi connectivity index (χ0) is 18.3. The molecule has 0 saturated heterocycles. The van der Waals surface area contributed by atoms with Gasteiger partial charge in [0.05, 0.1) is 12.1 Å². The molecule has 0 saturated carbocycles. The molecule has 0 bridgehead atoms. The molecule has 1 N–H and O–H groups in total. The Hall–Kier alpha value is -3.08. The number of pyridine rings is 1. The highest BCUT2D eigenvalue weighted by Crippen LogP contribution is 2.31. The molecular weight excluding hydrogens is 328 g/mol. The maximum absolute atomic E-state index is 12.8. The van der Waals surface area contributed by atoms with Gasteiger partial charge in [-0.15, -0.1) is 0 Å². The molecule has 5 heteroatoms. The van der Waals surface area contributed by atoms with Crippen molar-refractivity contribution in [1.29, 1.82) is 0 Å². The number of hydrogen-bond acceptors (Lipinski definition) is 3. The second-order valence-corrected chi connectivity index (χ2v) is 6.56. The molecule has 1 atom stereocenters. The summed E-state index contributed by atoms with van der Waals surface area (Å²) in [6, 6.07) is 13.1. The average Bonchev–Trinajstić information content (AvgIpc) is 2.96. The molecule has 3 aromatic rings. The number of anilines is 1. The van der Waals surface area contributed by atoms with Crippen LogP contribution in [0.4, 0.5) is 5.69 Å². The summed E-state index contributed by atoms with van der Waals surface area (Å²) in [6.45, 7) is 4.60. The number of hydrogen-bond donors (Lipinski definition) is 1. The summed E-state index contributed by atoms with van der Waals surface area (Å²) < 4.78 is 7.44. The smallest absolute Gasteiger partial charge is 0.261 e. The van der Waals surface area contributed by atoms with Gasteiger partial charge in [0.2, 0.25) is 5.43 Å². The summed E-state index contributed by atoms with van der Waals surface area (Å²) in [6.07, 6.45) is 2.57.